The van der Waals surface area contributed by atoms with Gasteiger partial charge < -0.3 is 25.4 Å². The maximum atomic E-state index is 14.3. The monoisotopic (exact) mass is 619 g/mol. The molecule has 3 amide bonds. The molecule has 0 aliphatic carbocycles. The number of phenols is 1. The number of rotatable bonds is 15. The number of aromatic hydroxyl groups is 1. The highest BCUT2D eigenvalue weighted by atomic mass is 35.5. The van der Waals surface area contributed by atoms with Crippen molar-refractivity contribution in [2.75, 3.05) is 23.9 Å². The third kappa shape index (κ3) is 11.1. The van der Waals surface area contributed by atoms with Crippen LogP contribution >= 0.6 is 23.4 Å². The van der Waals surface area contributed by atoms with Crippen LogP contribution in [0.15, 0.2) is 42.5 Å². The molecule has 0 aliphatic heterocycles. The van der Waals surface area contributed by atoms with E-state index in [1.165, 1.54) is 11.0 Å². The van der Waals surface area contributed by atoms with Gasteiger partial charge in [0, 0.05) is 12.1 Å². The number of amides is 3. The number of carbonyl (C=O) groups excluding carboxylic acids is 3. The zero-order chi connectivity index (χ0) is 31.3. The summed E-state index contributed by atoms with van der Waals surface area (Å²) in [7, 11) is 0. The van der Waals surface area contributed by atoms with E-state index in [1.54, 1.807) is 62.9 Å². The second kappa shape index (κ2) is 17.3. The third-order valence-electron chi connectivity index (χ3n) is 6.65. The van der Waals surface area contributed by atoms with E-state index in [4.69, 9.17) is 16.3 Å². The standard InChI is InChI=1S/C32H46ClN3O5S/c1-7-8-9-10-13-20-36(30(39)25(19-21-42-6)34-31(40)41-32(3,4)5)28(23-16-11-12-18-26(23)37)29(38)35-27-22(2)15-14-17-24(27)33/h11-12,14-18,25,28,37H,7-10,13,19-21H2,1-6H3,(H,34,40)(H,35,38). The molecule has 0 bridgehead atoms. The summed E-state index contributed by atoms with van der Waals surface area (Å²) in [5.74, 6) is -0.457. The van der Waals surface area contributed by atoms with Crippen molar-refractivity contribution in [1.29, 1.82) is 0 Å². The molecule has 0 fully saturated rings. The van der Waals surface area contributed by atoms with Crippen molar-refractivity contribution in [3.8, 4) is 5.75 Å². The van der Waals surface area contributed by atoms with Gasteiger partial charge in [-0.05, 0) is 70.2 Å². The molecule has 10 heteroatoms. The van der Waals surface area contributed by atoms with Gasteiger partial charge in [-0.1, -0.05) is 74.5 Å². The van der Waals surface area contributed by atoms with Crippen molar-refractivity contribution < 1.29 is 24.2 Å². The van der Waals surface area contributed by atoms with Gasteiger partial charge in [0.25, 0.3) is 5.91 Å². The lowest BCUT2D eigenvalue weighted by Crippen LogP contribution is -2.52. The molecule has 232 valence electrons. The van der Waals surface area contributed by atoms with E-state index in [2.05, 4.69) is 17.6 Å². The van der Waals surface area contributed by atoms with E-state index in [9.17, 15) is 19.5 Å². The lowest BCUT2D eigenvalue weighted by Gasteiger charge is -2.35. The molecular formula is C32H46ClN3O5S. The number of benzene rings is 2. The first kappa shape index (κ1) is 35.3. The number of hydrogen-bond donors (Lipinski definition) is 3. The van der Waals surface area contributed by atoms with Gasteiger partial charge in [0.05, 0.1) is 10.7 Å². The van der Waals surface area contributed by atoms with Gasteiger partial charge in [-0.3, -0.25) is 9.59 Å². The Morgan fingerprint density at radius 3 is 2.36 bits per heavy atom. The van der Waals surface area contributed by atoms with E-state index < -0.39 is 35.6 Å². The number of anilines is 1. The fourth-order valence-electron chi connectivity index (χ4n) is 4.55. The lowest BCUT2D eigenvalue weighted by atomic mass is 10.00. The van der Waals surface area contributed by atoms with Crippen LogP contribution in [0.2, 0.25) is 5.02 Å². The van der Waals surface area contributed by atoms with Crippen LogP contribution in [0.1, 0.15) is 83.4 Å². The Bertz CT molecular complexity index is 1170. The number of alkyl carbamates (subject to hydrolysis) is 1. The summed E-state index contributed by atoms with van der Waals surface area (Å²) in [6, 6.07) is 9.68. The van der Waals surface area contributed by atoms with Crippen molar-refractivity contribution >= 4 is 47.0 Å². The number of thioether (sulfide) groups is 1. The maximum absolute atomic E-state index is 14.3. The van der Waals surface area contributed by atoms with Crippen LogP contribution in [-0.4, -0.2) is 58.1 Å². The summed E-state index contributed by atoms with van der Waals surface area (Å²) in [5.41, 5.74) is 0.725. The minimum absolute atomic E-state index is 0.113. The normalized spacial score (nSPS) is 12.7. The average Bonchev–Trinajstić information content (AvgIpc) is 2.91. The SMILES string of the molecule is CCCCCCCN(C(=O)C(CCSC)NC(=O)OC(C)(C)C)C(C(=O)Nc1c(C)cccc1Cl)c1ccccc1O. The van der Waals surface area contributed by atoms with Crippen LogP contribution in [0, 0.1) is 6.92 Å². The average molecular weight is 620 g/mol. The minimum Gasteiger partial charge on any atom is -0.508 e. The van der Waals surface area contributed by atoms with E-state index in [1.807, 2.05) is 19.2 Å². The molecule has 0 heterocycles. The summed E-state index contributed by atoms with van der Waals surface area (Å²) in [6.07, 6.45) is 6.20. The van der Waals surface area contributed by atoms with Crippen molar-refractivity contribution in [2.45, 2.75) is 90.8 Å². The van der Waals surface area contributed by atoms with Gasteiger partial charge in [-0.25, -0.2) is 4.79 Å². The minimum atomic E-state index is -1.18. The molecular weight excluding hydrogens is 574 g/mol. The van der Waals surface area contributed by atoms with Crippen molar-refractivity contribution in [3.63, 3.8) is 0 Å². The van der Waals surface area contributed by atoms with Gasteiger partial charge in [-0.15, -0.1) is 0 Å². The first-order valence-electron chi connectivity index (χ1n) is 14.5. The molecule has 0 aliphatic rings. The largest absolute Gasteiger partial charge is 0.508 e. The molecule has 2 atom stereocenters. The Labute approximate surface area is 259 Å². The molecule has 3 N–H and O–H groups in total. The summed E-state index contributed by atoms with van der Waals surface area (Å²) >= 11 is 7.99. The number of para-hydroxylation sites is 2. The van der Waals surface area contributed by atoms with Crippen molar-refractivity contribution in [1.82, 2.24) is 10.2 Å². The second-order valence-electron chi connectivity index (χ2n) is 11.3. The van der Waals surface area contributed by atoms with E-state index in [-0.39, 0.29) is 17.9 Å². The van der Waals surface area contributed by atoms with Crippen LogP contribution in [0.3, 0.4) is 0 Å². The number of unbranched alkanes of at least 4 members (excludes halogenated alkanes) is 4. The van der Waals surface area contributed by atoms with Crippen LogP contribution in [0.4, 0.5) is 10.5 Å². The maximum Gasteiger partial charge on any atom is 0.408 e. The molecule has 0 saturated heterocycles. The topological polar surface area (TPSA) is 108 Å². The number of carbonyl (C=O) groups is 3. The summed E-state index contributed by atoms with van der Waals surface area (Å²) in [4.78, 5) is 42.7. The smallest absolute Gasteiger partial charge is 0.408 e. The number of halogens is 1. The molecule has 0 aromatic heterocycles. The van der Waals surface area contributed by atoms with Gasteiger partial charge >= 0.3 is 6.09 Å². The summed E-state index contributed by atoms with van der Waals surface area (Å²) < 4.78 is 5.46. The third-order valence-corrected chi connectivity index (χ3v) is 7.61. The fourth-order valence-corrected chi connectivity index (χ4v) is 5.29. The molecule has 42 heavy (non-hydrogen) atoms. The van der Waals surface area contributed by atoms with E-state index in [0.29, 0.717) is 29.3 Å². The van der Waals surface area contributed by atoms with Crippen LogP contribution in [0.5, 0.6) is 5.75 Å². The summed E-state index contributed by atoms with van der Waals surface area (Å²) in [6.45, 7) is 9.47. The zero-order valence-corrected chi connectivity index (χ0v) is 27.2. The Hall–Kier alpha value is -2.91. The highest BCUT2D eigenvalue weighted by Crippen LogP contribution is 2.33. The number of ether oxygens (including phenoxy) is 1. The first-order valence-corrected chi connectivity index (χ1v) is 16.3. The number of nitrogens with zero attached hydrogens (tertiary/aromatic N) is 1. The molecule has 2 unspecified atom stereocenters. The number of hydrogen-bond acceptors (Lipinski definition) is 6. The van der Waals surface area contributed by atoms with Crippen LogP contribution in [-0.2, 0) is 14.3 Å². The zero-order valence-electron chi connectivity index (χ0n) is 25.7. The number of phenolic OH excluding ortho intramolecular Hbond substituents is 1. The van der Waals surface area contributed by atoms with Gasteiger partial charge in [-0.2, -0.15) is 11.8 Å². The summed E-state index contributed by atoms with van der Waals surface area (Å²) in [5, 5.41) is 16.9. The van der Waals surface area contributed by atoms with Crippen molar-refractivity contribution in [3.05, 3.63) is 58.6 Å². The fraction of sp³-hybridized carbons (Fsp3) is 0.531. The van der Waals surface area contributed by atoms with Crippen LogP contribution in [0.25, 0.3) is 0 Å². The first-order chi connectivity index (χ1) is 19.9. The quantitative estimate of drug-likeness (QED) is 0.178. The molecule has 2 aromatic carbocycles. The Morgan fingerprint density at radius 1 is 1.05 bits per heavy atom. The Kier molecular flexibility index (Phi) is 14.5. The predicted molar refractivity (Wildman–Crippen MR) is 172 cm³/mol. The molecule has 0 spiro atoms. The van der Waals surface area contributed by atoms with Gasteiger partial charge in [0.15, 0.2) is 0 Å². The number of nitrogens with one attached hydrogen (secondary N) is 2. The Balaban J connectivity index is 2.57. The van der Waals surface area contributed by atoms with Gasteiger partial charge in [0.2, 0.25) is 5.91 Å². The highest BCUT2D eigenvalue weighted by Gasteiger charge is 2.37. The number of aryl methyl sites for hydroxylation is 1. The molecule has 2 aromatic rings. The van der Waals surface area contributed by atoms with E-state index in [0.717, 1.165) is 31.2 Å². The van der Waals surface area contributed by atoms with Crippen LogP contribution < -0.4 is 10.6 Å². The van der Waals surface area contributed by atoms with Gasteiger partial charge in [0.1, 0.15) is 23.4 Å². The predicted octanol–water partition coefficient (Wildman–Crippen LogP) is 7.48. The molecule has 0 saturated carbocycles. The van der Waals surface area contributed by atoms with E-state index >= 15 is 0 Å². The Morgan fingerprint density at radius 2 is 1.74 bits per heavy atom. The molecule has 0 radical (unpaired) electrons. The molecule has 2 rings (SSSR count). The van der Waals surface area contributed by atoms with Crippen molar-refractivity contribution in [2.24, 2.45) is 0 Å². The highest BCUT2D eigenvalue weighted by molar-refractivity contribution is 7.98. The lowest BCUT2D eigenvalue weighted by molar-refractivity contribution is -0.141. The molecule has 8 nitrogen and oxygen atoms in total. The second-order valence-corrected chi connectivity index (χ2v) is 12.7.